The number of hydrogen-bond acceptors (Lipinski definition) is 2. The van der Waals surface area contributed by atoms with Crippen LogP contribution in [0.5, 0.6) is 0 Å². The third kappa shape index (κ3) is 2.10. The molecule has 0 amide bonds. The summed E-state index contributed by atoms with van der Waals surface area (Å²) in [7, 11) is 0. The van der Waals surface area contributed by atoms with Gasteiger partial charge in [0.1, 0.15) is 0 Å². The summed E-state index contributed by atoms with van der Waals surface area (Å²) in [6.07, 6.45) is 8.41. The molecule has 0 radical (unpaired) electrons. The van der Waals surface area contributed by atoms with Gasteiger partial charge in [-0.15, -0.1) is 0 Å². The Morgan fingerprint density at radius 2 is 1.70 bits per heavy atom. The summed E-state index contributed by atoms with van der Waals surface area (Å²) in [6, 6.07) is 9.68. The molecule has 1 saturated carbocycles. The minimum atomic E-state index is 0.250. The third-order valence-electron chi connectivity index (χ3n) is 6.00. The van der Waals surface area contributed by atoms with Crippen LogP contribution < -0.4 is 5.73 Å². The lowest BCUT2D eigenvalue weighted by Gasteiger charge is -2.44. The van der Waals surface area contributed by atoms with Gasteiger partial charge in [-0.1, -0.05) is 43.5 Å². The lowest BCUT2D eigenvalue weighted by Crippen LogP contribution is -2.43. The summed E-state index contributed by atoms with van der Waals surface area (Å²) in [5.41, 5.74) is 9.25. The molecule has 1 saturated heterocycles. The first-order valence-electron chi connectivity index (χ1n) is 8.41. The van der Waals surface area contributed by atoms with Crippen LogP contribution in [0.1, 0.15) is 61.7 Å². The van der Waals surface area contributed by atoms with E-state index >= 15 is 0 Å². The van der Waals surface area contributed by atoms with Crippen molar-refractivity contribution in [3.63, 3.8) is 0 Å². The second kappa shape index (κ2) is 5.16. The van der Waals surface area contributed by atoms with Crippen molar-refractivity contribution in [2.45, 2.75) is 50.6 Å². The number of benzene rings is 1. The maximum atomic E-state index is 6.35. The summed E-state index contributed by atoms with van der Waals surface area (Å²) in [4.78, 5) is 2.75. The molecule has 2 N–H and O–H groups in total. The normalized spacial score (nSPS) is 37.5. The lowest BCUT2D eigenvalue weighted by molar-refractivity contribution is 0.0552. The Labute approximate surface area is 122 Å². The van der Waals surface area contributed by atoms with Crippen LogP contribution in [-0.4, -0.2) is 18.0 Å². The molecule has 1 aliphatic heterocycles. The van der Waals surface area contributed by atoms with Crippen molar-refractivity contribution in [2.75, 3.05) is 13.1 Å². The topological polar surface area (TPSA) is 29.3 Å². The van der Waals surface area contributed by atoms with Crippen molar-refractivity contribution in [1.29, 1.82) is 0 Å². The van der Waals surface area contributed by atoms with Crippen molar-refractivity contribution < 1.29 is 0 Å². The maximum Gasteiger partial charge on any atom is 0.0369 e. The highest BCUT2D eigenvalue weighted by atomic mass is 15.2. The molecule has 4 unspecified atom stereocenters. The average Bonchev–Trinajstić information content (AvgIpc) is 2.85. The first-order chi connectivity index (χ1) is 9.83. The number of piperidine rings is 1. The number of hydrogen-bond donors (Lipinski definition) is 1. The van der Waals surface area contributed by atoms with Crippen molar-refractivity contribution in [1.82, 2.24) is 4.90 Å². The average molecular weight is 270 g/mol. The Kier molecular flexibility index (Phi) is 3.31. The Morgan fingerprint density at radius 3 is 2.55 bits per heavy atom. The molecular formula is C18H26N2. The van der Waals surface area contributed by atoms with E-state index in [0.29, 0.717) is 6.04 Å². The monoisotopic (exact) mass is 270 g/mol. The van der Waals surface area contributed by atoms with E-state index in [9.17, 15) is 0 Å². The standard InChI is InChI=1S/C18H26N2/c19-17-11-18(16-8-4-3-7-15(16)17)20-10-9-13-5-1-2-6-14(13)12-20/h3-4,7-8,13-14,17-18H,1-2,5-6,9-12,19H2. The van der Waals surface area contributed by atoms with Gasteiger partial charge in [0.15, 0.2) is 0 Å². The van der Waals surface area contributed by atoms with Crippen LogP contribution in [0, 0.1) is 11.8 Å². The Balaban J connectivity index is 1.54. The van der Waals surface area contributed by atoms with Crippen molar-refractivity contribution >= 4 is 0 Å². The van der Waals surface area contributed by atoms with Gasteiger partial charge in [-0.05, 0) is 48.8 Å². The van der Waals surface area contributed by atoms with E-state index in [1.54, 1.807) is 0 Å². The van der Waals surface area contributed by atoms with Crippen molar-refractivity contribution in [3.8, 4) is 0 Å². The predicted octanol–water partition coefficient (Wildman–Crippen LogP) is 3.64. The van der Waals surface area contributed by atoms with Gasteiger partial charge in [-0.3, -0.25) is 4.90 Å². The molecule has 2 heteroatoms. The van der Waals surface area contributed by atoms with Crippen molar-refractivity contribution in [3.05, 3.63) is 35.4 Å². The van der Waals surface area contributed by atoms with Crippen molar-refractivity contribution in [2.24, 2.45) is 17.6 Å². The molecular weight excluding hydrogens is 244 g/mol. The van der Waals surface area contributed by atoms with Crippen LogP contribution >= 0.6 is 0 Å². The molecule has 2 fully saturated rings. The van der Waals surface area contributed by atoms with E-state index < -0.39 is 0 Å². The Morgan fingerprint density at radius 1 is 0.950 bits per heavy atom. The van der Waals surface area contributed by atoms with Crippen LogP contribution in [0.2, 0.25) is 0 Å². The van der Waals surface area contributed by atoms with Gasteiger partial charge in [-0.2, -0.15) is 0 Å². The van der Waals surface area contributed by atoms with Gasteiger partial charge in [-0.25, -0.2) is 0 Å². The zero-order chi connectivity index (χ0) is 13.5. The number of nitrogens with zero attached hydrogens (tertiary/aromatic N) is 1. The molecule has 1 aromatic carbocycles. The quantitative estimate of drug-likeness (QED) is 0.844. The van der Waals surface area contributed by atoms with E-state index in [-0.39, 0.29) is 6.04 Å². The summed E-state index contributed by atoms with van der Waals surface area (Å²) in [5, 5.41) is 0. The highest BCUT2D eigenvalue weighted by molar-refractivity contribution is 5.37. The van der Waals surface area contributed by atoms with Crippen LogP contribution in [0.3, 0.4) is 0 Å². The lowest BCUT2D eigenvalue weighted by atomic mass is 9.74. The fourth-order valence-corrected chi connectivity index (χ4v) is 4.90. The van der Waals surface area contributed by atoms with Gasteiger partial charge in [0.25, 0.3) is 0 Å². The van der Waals surface area contributed by atoms with Gasteiger partial charge in [0, 0.05) is 18.6 Å². The molecule has 108 valence electrons. The van der Waals surface area contributed by atoms with E-state index in [4.69, 9.17) is 5.73 Å². The second-order valence-corrected chi connectivity index (χ2v) is 7.08. The molecule has 4 rings (SSSR count). The van der Waals surface area contributed by atoms with Crippen LogP contribution in [-0.2, 0) is 0 Å². The third-order valence-corrected chi connectivity index (χ3v) is 6.00. The van der Waals surface area contributed by atoms with Gasteiger partial charge >= 0.3 is 0 Å². The molecule has 0 bridgehead atoms. The van der Waals surface area contributed by atoms with E-state index in [2.05, 4.69) is 29.2 Å². The largest absolute Gasteiger partial charge is 0.324 e. The molecule has 0 spiro atoms. The Bertz CT molecular complexity index is 484. The first kappa shape index (κ1) is 12.8. The smallest absolute Gasteiger partial charge is 0.0369 e. The van der Waals surface area contributed by atoms with Crippen LogP contribution in [0.15, 0.2) is 24.3 Å². The number of fused-ring (bicyclic) bond motifs is 2. The second-order valence-electron chi connectivity index (χ2n) is 7.08. The zero-order valence-electron chi connectivity index (χ0n) is 12.3. The molecule has 4 atom stereocenters. The minimum Gasteiger partial charge on any atom is -0.324 e. The molecule has 2 aliphatic carbocycles. The van der Waals surface area contributed by atoms with Gasteiger partial charge in [0.05, 0.1) is 0 Å². The highest BCUT2D eigenvalue weighted by Crippen LogP contribution is 2.44. The van der Waals surface area contributed by atoms with Gasteiger partial charge in [0.2, 0.25) is 0 Å². The van der Waals surface area contributed by atoms with Gasteiger partial charge < -0.3 is 5.73 Å². The minimum absolute atomic E-state index is 0.250. The zero-order valence-corrected chi connectivity index (χ0v) is 12.3. The highest BCUT2D eigenvalue weighted by Gasteiger charge is 2.38. The summed E-state index contributed by atoms with van der Waals surface area (Å²) >= 11 is 0. The molecule has 1 heterocycles. The Hall–Kier alpha value is -0.860. The summed E-state index contributed by atoms with van der Waals surface area (Å²) in [6.45, 7) is 2.60. The van der Waals surface area contributed by atoms with E-state index in [1.807, 2.05) is 0 Å². The molecule has 0 aromatic heterocycles. The first-order valence-corrected chi connectivity index (χ1v) is 8.41. The molecule has 1 aromatic rings. The fourth-order valence-electron chi connectivity index (χ4n) is 4.90. The number of rotatable bonds is 1. The fraction of sp³-hybridized carbons (Fsp3) is 0.667. The summed E-state index contributed by atoms with van der Waals surface area (Å²) < 4.78 is 0. The molecule has 2 nitrogen and oxygen atoms in total. The number of likely N-dealkylation sites (tertiary alicyclic amines) is 1. The van der Waals surface area contributed by atoms with Crippen LogP contribution in [0.25, 0.3) is 0 Å². The van der Waals surface area contributed by atoms with E-state index in [0.717, 1.165) is 18.3 Å². The molecule has 3 aliphatic rings. The SMILES string of the molecule is NC1CC(N2CCC3CCCCC3C2)c2ccccc21. The predicted molar refractivity (Wildman–Crippen MR) is 82.4 cm³/mol. The maximum absolute atomic E-state index is 6.35. The van der Waals surface area contributed by atoms with Crippen LogP contribution in [0.4, 0.5) is 0 Å². The summed E-state index contributed by atoms with van der Waals surface area (Å²) in [5.74, 6) is 1.98. The molecule has 20 heavy (non-hydrogen) atoms. The number of nitrogens with two attached hydrogens (primary N) is 1. The van der Waals surface area contributed by atoms with E-state index in [1.165, 1.54) is 56.3 Å².